The number of nitrogens with two attached hydrogens (primary N) is 1. The van der Waals surface area contributed by atoms with Crippen molar-refractivity contribution in [1.29, 1.82) is 0 Å². The summed E-state index contributed by atoms with van der Waals surface area (Å²) in [5.74, 6) is -0.124. The second kappa shape index (κ2) is 8.60. The van der Waals surface area contributed by atoms with E-state index < -0.39 is 5.82 Å². The van der Waals surface area contributed by atoms with E-state index in [1.165, 1.54) is 12.1 Å². The molecule has 0 aliphatic rings. The van der Waals surface area contributed by atoms with E-state index in [0.29, 0.717) is 29.0 Å². The summed E-state index contributed by atoms with van der Waals surface area (Å²) in [6.45, 7) is 2.72. The second-order valence-corrected chi connectivity index (χ2v) is 5.94. The fourth-order valence-corrected chi connectivity index (χ4v) is 2.89. The van der Waals surface area contributed by atoms with Gasteiger partial charge in [0.05, 0.1) is 10.7 Å². The molecule has 0 saturated carbocycles. The minimum Gasteiger partial charge on any atom is -0.330 e. The van der Waals surface area contributed by atoms with Gasteiger partial charge in [-0.2, -0.15) is 0 Å². The van der Waals surface area contributed by atoms with Crippen LogP contribution in [0.1, 0.15) is 32.6 Å². The van der Waals surface area contributed by atoms with Gasteiger partial charge in [0.1, 0.15) is 5.82 Å². The SMILES string of the molecule is CCC(CCN)CCC(=O)Nc1c(Cl)cc(F)cc1Br. The number of anilines is 1. The van der Waals surface area contributed by atoms with Crippen molar-refractivity contribution in [2.24, 2.45) is 11.7 Å². The van der Waals surface area contributed by atoms with Crippen LogP contribution in [0.4, 0.5) is 10.1 Å². The fourth-order valence-electron chi connectivity index (χ4n) is 1.99. The van der Waals surface area contributed by atoms with E-state index >= 15 is 0 Å². The van der Waals surface area contributed by atoms with Gasteiger partial charge < -0.3 is 11.1 Å². The topological polar surface area (TPSA) is 55.1 Å². The zero-order valence-corrected chi connectivity index (χ0v) is 13.7. The lowest BCUT2D eigenvalue weighted by Crippen LogP contribution is -2.15. The normalized spacial score (nSPS) is 12.2. The van der Waals surface area contributed by atoms with Crippen LogP contribution in [0.3, 0.4) is 0 Å². The van der Waals surface area contributed by atoms with Gasteiger partial charge in [-0.3, -0.25) is 4.79 Å². The van der Waals surface area contributed by atoms with Crippen LogP contribution in [0.15, 0.2) is 16.6 Å². The van der Waals surface area contributed by atoms with Crippen molar-refractivity contribution >= 4 is 39.1 Å². The molecule has 1 rings (SSSR count). The maximum Gasteiger partial charge on any atom is 0.224 e. The average Bonchev–Trinajstić information content (AvgIpc) is 2.38. The van der Waals surface area contributed by atoms with E-state index in [4.69, 9.17) is 17.3 Å². The first-order valence-corrected chi connectivity index (χ1v) is 7.79. The van der Waals surface area contributed by atoms with Crippen LogP contribution in [-0.2, 0) is 4.79 Å². The van der Waals surface area contributed by atoms with E-state index in [0.717, 1.165) is 19.3 Å². The molecule has 1 amide bonds. The largest absolute Gasteiger partial charge is 0.330 e. The molecule has 0 heterocycles. The average molecular weight is 366 g/mol. The number of rotatable bonds is 7. The van der Waals surface area contributed by atoms with Gasteiger partial charge in [0.2, 0.25) is 5.91 Å². The zero-order valence-electron chi connectivity index (χ0n) is 11.4. The molecule has 0 spiro atoms. The summed E-state index contributed by atoms with van der Waals surface area (Å²) in [6.07, 6.45) is 3.12. The van der Waals surface area contributed by atoms with E-state index in [-0.39, 0.29) is 10.9 Å². The van der Waals surface area contributed by atoms with Crippen molar-refractivity contribution < 1.29 is 9.18 Å². The van der Waals surface area contributed by atoms with E-state index in [2.05, 4.69) is 28.2 Å². The molecule has 1 atom stereocenters. The first-order chi connectivity index (χ1) is 9.47. The third-order valence-corrected chi connectivity index (χ3v) is 4.13. The molecule has 0 aliphatic carbocycles. The van der Waals surface area contributed by atoms with Crippen LogP contribution in [0.25, 0.3) is 0 Å². The molecule has 0 fully saturated rings. The number of benzene rings is 1. The fraction of sp³-hybridized carbons (Fsp3) is 0.500. The van der Waals surface area contributed by atoms with Crippen LogP contribution < -0.4 is 11.1 Å². The van der Waals surface area contributed by atoms with E-state index in [1.807, 2.05) is 0 Å². The molecule has 1 aromatic rings. The zero-order chi connectivity index (χ0) is 15.1. The summed E-state index contributed by atoms with van der Waals surface area (Å²) < 4.78 is 13.5. The summed E-state index contributed by atoms with van der Waals surface area (Å²) in [5, 5.41) is 2.89. The number of amides is 1. The Morgan fingerprint density at radius 2 is 2.20 bits per heavy atom. The molecule has 0 radical (unpaired) electrons. The molecule has 0 saturated heterocycles. The third kappa shape index (κ3) is 5.38. The lowest BCUT2D eigenvalue weighted by molar-refractivity contribution is -0.116. The molecule has 1 unspecified atom stereocenters. The minimum atomic E-state index is -0.450. The number of halogens is 3. The Balaban J connectivity index is 2.59. The smallest absolute Gasteiger partial charge is 0.224 e. The maximum atomic E-state index is 13.1. The van der Waals surface area contributed by atoms with Crippen LogP contribution in [0.5, 0.6) is 0 Å². The summed E-state index contributed by atoms with van der Waals surface area (Å²) >= 11 is 9.11. The van der Waals surface area contributed by atoms with Crippen molar-refractivity contribution in [2.45, 2.75) is 32.6 Å². The molecule has 0 bridgehead atoms. The highest BCUT2D eigenvalue weighted by molar-refractivity contribution is 9.10. The highest BCUT2D eigenvalue weighted by Gasteiger charge is 2.13. The van der Waals surface area contributed by atoms with Gasteiger partial charge in [-0.05, 0) is 53.4 Å². The van der Waals surface area contributed by atoms with E-state index in [1.54, 1.807) is 0 Å². The van der Waals surface area contributed by atoms with Crippen LogP contribution >= 0.6 is 27.5 Å². The molecule has 6 heteroatoms. The Hall–Kier alpha value is -0.650. The summed E-state index contributed by atoms with van der Waals surface area (Å²) in [7, 11) is 0. The maximum absolute atomic E-state index is 13.1. The van der Waals surface area contributed by atoms with Crippen molar-refractivity contribution in [1.82, 2.24) is 0 Å². The standard InChI is InChI=1S/C14H19BrClFN2O/c1-2-9(5-6-18)3-4-13(20)19-14-11(15)7-10(17)8-12(14)16/h7-9H,2-6,18H2,1H3,(H,19,20). The van der Waals surface area contributed by atoms with Crippen molar-refractivity contribution in [2.75, 3.05) is 11.9 Å². The quantitative estimate of drug-likeness (QED) is 0.755. The van der Waals surface area contributed by atoms with Crippen LogP contribution in [0, 0.1) is 11.7 Å². The Bertz CT molecular complexity index is 447. The molecule has 1 aromatic carbocycles. The Morgan fingerprint density at radius 3 is 2.75 bits per heavy atom. The minimum absolute atomic E-state index is 0.130. The number of carbonyl (C=O) groups excluding carboxylic acids is 1. The molecular formula is C14H19BrClFN2O. The van der Waals surface area contributed by atoms with Gasteiger partial charge in [0.15, 0.2) is 0 Å². The Morgan fingerprint density at radius 1 is 1.50 bits per heavy atom. The highest BCUT2D eigenvalue weighted by Crippen LogP contribution is 2.32. The predicted octanol–water partition coefficient (Wildman–Crippen LogP) is 4.34. The number of hydrogen-bond acceptors (Lipinski definition) is 2. The summed E-state index contributed by atoms with van der Waals surface area (Å²) in [6, 6.07) is 2.44. The van der Waals surface area contributed by atoms with Gasteiger partial charge >= 0.3 is 0 Å². The molecule has 20 heavy (non-hydrogen) atoms. The van der Waals surface area contributed by atoms with Gasteiger partial charge in [-0.25, -0.2) is 4.39 Å². The van der Waals surface area contributed by atoms with Crippen LogP contribution in [0.2, 0.25) is 5.02 Å². The van der Waals surface area contributed by atoms with Gasteiger partial charge in [0.25, 0.3) is 0 Å². The first kappa shape index (κ1) is 17.4. The first-order valence-electron chi connectivity index (χ1n) is 6.62. The van der Waals surface area contributed by atoms with Gasteiger partial charge in [0, 0.05) is 10.9 Å². The number of nitrogens with one attached hydrogen (secondary N) is 1. The lowest BCUT2D eigenvalue weighted by atomic mass is 9.96. The number of hydrogen-bond donors (Lipinski definition) is 2. The Labute approximate surface area is 132 Å². The van der Waals surface area contributed by atoms with Crippen LogP contribution in [-0.4, -0.2) is 12.5 Å². The van der Waals surface area contributed by atoms with Gasteiger partial charge in [-0.1, -0.05) is 24.9 Å². The van der Waals surface area contributed by atoms with Gasteiger partial charge in [-0.15, -0.1) is 0 Å². The summed E-state index contributed by atoms with van der Waals surface area (Å²) in [4.78, 5) is 11.9. The predicted molar refractivity (Wildman–Crippen MR) is 84.4 cm³/mol. The molecule has 0 aliphatic heterocycles. The Kier molecular flexibility index (Phi) is 7.48. The lowest BCUT2D eigenvalue weighted by Gasteiger charge is -2.14. The van der Waals surface area contributed by atoms with Crippen molar-refractivity contribution in [3.63, 3.8) is 0 Å². The van der Waals surface area contributed by atoms with E-state index in [9.17, 15) is 9.18 Å². The molecule has 3 N–H and O–H groups in total. The second-order valence-electron chi connectivity index (χ2n) is 4.68. The molecule has 0 aromatic heterocycles. The molecule has 3 nitrogen and oxygen atoms in total. The van der Waals surface area contributed by atoms with Crippen molar-refractivity contribution in [3.8, 4) is 0 Å². The monoisotopic (exact) mass is 364 g/mol. The molecular weight excluding hydrogens is 347 g/mol. The van der Waals surface area contributed by atoms with Crippen molar-refractivity contribution in [3.05, 3.63) is 27.4 Å². The molecule has 112 valence electrons. The third-order valence-electron chi connectivity index (χ3n) is 3.20. The number of carbonyl (C=O) groups is 1. The summed E-state index contributed by atoms with van der Waals surface area (Å²) in [5.41, 5.74) is 5.94. The highest BCUT2D eigenvalue weighted by atomic mass is 79.9.